The van der Waals surface area contributed by atoms with E-state index in [1.165, 1.54) is 32.4 Å². The van der Waals surface area contributed by atoms with Gasteiger partial charge in [-0.3, -0.25) is 4.57 Å². The SMILES string of the molecule is c1ccc(-c2nc3c4ccccc4c4ccccc4c3nc2-c2cccc(-n3c4ccccc4c4ccc5c6ccccc6n(-c6ccccc6)c5c43)n2)cc1. The van der Waals surface area contributed by atoms with E-state index in [0.717, 1.165) is 77.9 Å². The zero-order chi connectivity index (χ0) is 36.7. The fraction of sp³-hybridized carbons (Fsp3) is 0. The highest BCUT2D eigenvalue weighted by molar-refractivity contribution is 6.25. The van der Waals surface area contributed by atoms with Gasteiger partial charge in [-0.1, -0.05) is 152 Å². The Morgan fingerprint density at radius 2 is 0.786 bits per heavy atom. The summed E-state index contributed by atoms with van der Waals surface area (Å²) in [4.78, 5) is 16.6. The van der Waals surface area contributed by atoms with Gasteiger partial charge in [0.2, 0.25) is 0 Å². The molecular weight excluding hydrogens is 683 g/mol. The van der Waals surface area contributed by atoms with Crippen molar-refractivity contribution in [2.45, 2.75) is 0 Å². The molecule has 5 nitrogen and oxygen atoms in total. The maximum Gasteiger partial charge on any atom is 0.138 e. The number of benzene rings is 8. The maximum absolute atomic E-state index is 5.54. The lowest BCUT2D eigenvalue weighted by atomic mass is 9.98. The van der Waals surface area contributed by atoms with E-state index >= 15 is 0 Å². The molecular formula is C51H31N5. The van der Waals surface area contributed by atoms with Gasteiger partial charge < -0.3 is 4.57 Å². The second-order valence-electron chi connectivity index (χ2n) is 14.4. The molecule has 0 saturated heterocycles. The highest BCUT2D eigenvalue weighted by Gasteiger charge is 2.23. The van der Waals surface area contributed by atoms with Crippen LogP contribution in [0, 0.1) is 0 Å². The van der Waals surface area contributed by atoms with Crippen LogP contribution in [-0.2, 0) is 0 Å². The van der Waals surface area contributed by atoms with E-state index in [4.69, 9.17) is 15.0 Å². The average Bonchev–Trinajstić information content (AvgIpc) is 3.80. The zero-order valence-corrected chi connectivity index (χ0v) is 30.1. The Bertz CT molecular complexity index is 3530. The van der Waals surface area contributed by atoms with Gasteiger partial charge in [-0.2, -0.15) is 0 Å². The molecule has 0 aliphatic carbocycles. The summed E-state index contributed by atoms with van der Waals surface area (Å²) in [5.74, 6) is 0.815. The van der Waals surface area contributed by atoms with Crippen molar-refractivity contribution in [2.24, 2.45) is 0 Å². The molecule has 0 bridgehead atoms. The minimum absolute atomic E-state index is 0.746. The summed E-state index contributed by atoms with van der Waals surface area (Å²) in [5.41, 5.74) is 10.7. The van der Waals surface area contributed by atoms with Gasteiger partial charge in [0.05, 0.1) is 44.5 Å². The third-order valence-corrected chi connectivity index (χ3v) is 11.3. The second-order valence-corrected chi connectivity index (χ2v) is 14.4. The van der Waals surface area contributed by atoms with E-state index in [1.807, 2.05) is 6.07 Å². The van der Waals surface area contributed by atoms with Crippen LogP contribution >= 0.6 is 0 Å². The van der Waals surface area contributed by atoms with Crippen molar-refractivity contribution in [2.75, 3.05) is 0 Å². The first-order valence-electron chi connectivity index (χ1n) is 19.0. The van der Waals surface area contributed by atoms with Gasteiger partial charge in [0.1, 0.15) is 11.5 Å². The molecule has 0 saturated carbocycles. The predicted molar refractivity (Wildman–Crippen MR) is 232 cm³/mol. The molecule has 0 amide bonds. The highest BCUT2D eigenvalue weighted by Crippen LogP contribution is 2.42. The first-order chi connectivity index (χ1) is 27.8. The van der Waals surface area contributed by atoms with E-state index in [9.17, 15) is 0 Å². The fourth-order valence-corrected chi connectivity index (χ4v) is 8.90. The third kappa shape index (κ3) is 4.39. The molecule has 56 heavy (non-hydrogen) atoms. The van der Waals surface area contributed by atoms with Crippen LogP contribution in [0.2, 0.25) is 0 Å². The minimum atomic E-state index is 0.746. The van der Waals surface area contributed by atoms with Crippen LogP contribution in [0.15, 0.2) is 188 Å². The van der Waals surface area contributed by atoms with Crippen LogP contribution in [0.4, 0.5) is 0 Å². The molecule has 0 atom stereocenters. The molecule has 12 rings (SSSR count). The zero-order valence-electron chi connectivity index (χ0n) is 30.1. The number of rotatable bonds is 4. The van der Waals surface area contributed by atoms with Crippen LogP contribution in [-0.4, -0.2) is 24.1 Å². The Morgan fingerprint density at radius 3 is 1.41 bits per heavy atom. The Kier molecular flexibility index (Phi) is 6.56. The molecule has 260 valence electrons. The lowest BCUT2D eigenvalue weighted by Gasteiger charge is -2.15. The summed E-state index contributed by atoms with van der Waals surface area (Å²) in [5, 5.41) is 9.25. The molecule has 5 heteroatoms. The van der Waals surface area contributed by atoms with Crippen molar-refractivity contribution in [1.82, 2.24) is 24.1 Å². The molecule has 12 aromatic rings. The fourth-order valence-electron chi connectivity index (χ4n) is 8.90. The van der Waals surface area contributed by atoms with Crippen molar-refractivity contribution >= 4 is 76.2 Å². The molecule has 4 aromatic heterocycles. The summed E-state index contributed by atoms with van der Waals surface area (Å²) in [6, 6.07) is 66.3. The van der Waals surface area contributed by atoms with Crippen LogP contribution in [0.5, 0.6) is 0 Å². The van der Waals surface area contributed by atoms with Crippen LogP contribution in [0.1, 0.15) is 0 Å². The van der Waals surface area contributed by atoms with Gasteiger partial charge in [-0.25, -0.2) is 15.0 Å². The predicted octanol–water partition coefficient (Wildman–Crippen LogP) is 12.9. The lowest BCUT2D eigenvalue weighted by Crippen LogP contribution is -2.03. The molecule has 0 unspecified atom stereocenters. The Hall–Kier alpha value is -7.63. The van der Waals surface area contributed by atoms with Gasteiger partial charge in [0.15, 0.2) is 0 Å². The van der Waals surface area contributed by atoms with E-state index < -0.39 is 0 Å². The normalized spacial score (nSPS) is 11.9. The topological polar surface area (TPSA) is 48.5 Å². The number of hydrogen-bond acceptors (Lipinski definition) is 3. The molecule has 0 aliphatic heterocycles. The third-order valence-electron chi connectivity index (χ3n) is 11.3. The van der Waals surface area contributed by atoms with Gasteiger partial charge >= 0.3 is 0 Å². The van der Waals surface area contributed by atoms with Gasteiger partial charge in [-0.05, 0) is 47.2 Å². The van der Waals surface area contributed by atoms with Crippen LogP contribution < -0.4 is 0 Å². The molecule has 0 spiro atoms. The largest absolute Gasteiger partial charge is 0.307 e. The Balaban J connectivity index is 1.19. The first-order valence-corrected chi connectivity index (χ1v) is 19.0. The average molecular weight is 714 g/mol. The minimum Gasteiger partial charge on any atom is -0.307 e. The standard InChI is InChI=1S/C51H31N5/c1-3-16-32(17-4-1)46-49(54-48-39-25-10-8-21-35(39)34-20-7-9-24-38(34)47(48)53-46)42-26-15-29-45(52-42)56-44-28-14-12-23-37(44)41-31-30-40-36-22-11-13-27-43(36)55(50(40)51(41)56)33-18-5-2-6-19-33/h1-31H. The number of aromatic nitrogens is 5. The van der Waals surface area contributed by atoms with E-state index in [-0.39, 0.29) is 0 Å². The van der Waals surface area contributed by atoms with E-state index in [0.29, 0.717) is 0 Å². The molecule has 0 radical (unpaired) electrons. The first kappa shape index (κ1) is 30.8. The summed E-state index contributed by atoms with van der Waals surface area (Å²) >= 11 is 0. The van der Waals surface area contributed by atoms with E-state index in [2.05, 4.69) is 191 Å². The van der Waals surface area contributed by atoms with Crippen LogP contribution in [0.3, 0.4) is 0 Å². The maximum atomic E-state index is 5.54. The molecule has 0 fully saturated rings. The second kappa shape index (κ2) is 11.9. The summed E-state index contributed by atoms with van der Waals surface area (Å²) in [7, 11) is 0. The number of pyridine rings is 1. The van der Waals surface area contributed by atoms with Crippen molar-refractivity contribution in [3.8, 4) is 34.2 Å². The number of nitrogens with zero attached hydrogens (tertiary/aromatic N) is 5. The van der Waals surface area contributed by atoms with Crippen molar-refractivity contribution in [1.29, 1.82) is 0 Å². The monoisotopic (exact) mass is 713 g/mol. The molecule has 4 heterocycles. The highest BCUT2D eigenvalue weighted by atomic mass is 15.1. The molecule has 8 aromatic carbocycles. The number of para-hydroxylation sites is 3. The van der Waals surface area contributed by atoms with E-state index in [1.54, 1.807) is 0 Å². The molecule has 0 N–H and O–H groups in total. The van der Waals surface area contributed by atoms with Gasteiger partial charge in [0.25, 0.3) is 0 Å². The molecule has 0 aliphatic rings. The summed E-state index contributed by atoms with van der Waals surface area (Å²) in [6.07, 6.45) is 0. The Morgan fingerprint density at radius 1 is 0.304 bits per heavy atom. The van der Waals surface area contributed by atoms with Crippen molar-refractivity contribution < 1.29 is 0 Å². The smallest absolute Gasteiger partial charge is 0.138 e. The number of fused-ring (bicyclic) bond motifs is 13. The lowest BCUT2D eigenvalue weighted by molar-refractivity contribution is 1.07. The Labute approximate surface area is 321 Å². The van der Waals surface area contributed by atoms with Gasteiger partial charge in [0, 0.05) is 43.6 Å². The summed E-state index contributed by atoms with van der Waals surface area (Å²) in [6.45, 7) is 0. The number of hydrogen-bond donors (Lipinski definition) is 0. The quantitative estimate of drug-likeness (QED) is 0.171. The van der Waals surface area contributed by atoms with Crippen molar-refractivity contribution in [3.63, 3.8) is 0 Å². The van der Waals surface area contributed by atoms with Gasteiger partial charge in [-0.15, -0.1) is 0 Å². The van der Waals surface area contributed by atoms with Crippen LogP contribution in [0.25, 0.3) is 110 Å². The van der Waals surface area contributed by atoms with Crippen molar-refractivity contribution in [3.05, 3.63) is 188 Å². The summed E-state index contributed by atoms with van der Waals surface area (Å²) < 4.78 is 4.75.